The Labute approximate surface area is 114 Å². The van der Waals surface area contributed by atoms with Gasteiger partial charge in [-0.3, -0.25) is 0 Å². The van der Waals surface area contributed by atoms with Gasteiger partial charge >= 0.3 is 33.0 Å². The molecule has 3 nitrogen and oxygen atoms in total. The molecule has 124 valence electrons. The van der Waals surface area contributed by atoms with E-state index in [1.54, 1.807) is 6.92 Å². The van der Waals surface area contributed by atoms with Crippen molar-refractivity contribution in [3.05, 3.63) is 18.7 Å². The first-order valence-corrected chi connectivity index (χ1v) is 7.90. The number of rotatable bonds is 3. The molecule has 20 heavy (non-hydrogen) atoms. The van der Waals surface area contributed by atoms with E-state index in [1.165, 1.54) is 12.8 Å². The number of unbranched alkanes of at least 4 members (excludes halogenated alkanes) is 1. The van der Waals surface area contributed by atoms with E-state index in [-0.39, 0.29) is 6.61 Å². The van der Waals surface area contributed by atoms with Gasteiger partial charge in [0.15, 0.2) is 0 Å². The number of hydrogen-bond acceptors (Lipinski definition) is 1. The molecule has 0 aliphatic carbocycles. The Morgan fingerprint density at radius 1 is 1.10 bits per heavy atom. The van der Waals surface area contributed by atoms with E-state index < -0.39 is 7.81 Å². The van der Waals surface area contributed by atoms with Gasteiger partial charge in [0, 0.05) is 6.61 Å². The van der Waals surface area contributed by atoms with E-state index in [0.717, 1.165) is 6.54 Å². The summed E-state index contributed by atoms with van der Waals surface area (Å²) in [5.74, 6) is 0. The van der Waals surface area contributed by atoms with Crippen LogP contribution in [-0.2, 0) is 13.6 Å². The molecular weight excluding hydrogens is 309 g/mol. The summed E-state index contributed by atoms with van der Waals surface area (Å²) in [5, 5.41) is 7.57. The topological polar surface area (TPSA) is 29.0 Å². The monoisotopic (exact) mass is 330 g/mol. The van der Waals surface area contributed by atoms with Crippen LogP contribution in [0.25, 0.3) is 0 Å². The molecule has 0 spiro atoms. The van der Waals surface area contributed by atoms with Crippen molar-refractivity contribution in [3.8, 4) is 0 Å². The van der Waals surface area contributed by atoms with Gasteiger partial charge in [0.25, 0.3) is 0 Å². The molecule has 0 atom stereocenters. The van der Waals surface area contributed by atoms with Crippen molar-refractivity contribution in [1.29, 1.82) is 0 Å². The Morgan fingerprint density at radius 2 is 1.50 bits per heavy atom. The Morgan fingerprint density at radius 3 is 1.75 bits per heavy atom. The van der Waals surface area contributed by atoms with E-state index in [2.05, 4.69) is 34.8 Å². The van der Waals surface area contributed by atoms with Crippen LogP contribution in [0.2, 0.25) is 0 Å². The maximum atomic E-state index is 9.87. The van der Waals surface area contributed by atoms with E-state index in [1.807, 2.05) is 7.05 Å². The molecule has 0 saturated heterocycles. The first-order valence-electron chi connectivity index (χ1n) is 5.87. The molecule has 1 N–H and O–H groups in total. The first kappa shape index (κ1) is 21.5. The van der Waals surface area contributed by atoms with Gasteiger partial charge in [0.2, 0.25) is 6.33 Å². The van der Waals surface area contributed by atoms with Crippen molar-refractivity contribution in [2.75, 3.05) is 6.61 Å². The molecule has 0 saturated carbocycles. The molecule has 1 rings (SSSR count). The van der Waals surface area contributed by atoms with E-state index >= 15 is 0 Å². The number of aryl methyl sites for hydroxylation is 2. The van der Waals surface area contributed by atoms with Crippen LogP contribution >= 0.6 is 7.81 Å². The Bertz CT molecular complexity index is 364. The molecule has 0 bridgehead atoms. The third-order valence-corrected chi connectivity index (χ3v) is 1.59. The fraction of sp³-hybridized carbons (Fsp3) is 0.700. The summed E-state index contributed by atoms with van der Waals surface area (Å²) >= 11 is 0. The number of aromatic nitrogens is 2. The second-order valence-corrected chi connectivity index (χ2v) is 5.86. The zero-order valence-corrected chi connectivity index (χ0v) is 12.5. The number of hydrogen-bond donors (Lipinski definition) is 1. The molecule has 1 aromatic rings. The number of nitrogens with zero attached hydrogens (tertiary/aromatic N) is 2. The van der Waals surface area contributed by atoms with Crippen LogP contribution in [0.4, 0.5) is 25.2 Å². The predicted molar refractivity (Wildman–Crippen MR) is 66.8 cm³/mol. The third-order valence-electron chi connectivity index (χ3n) is 1.59. The van der Waals surface area contributed by atoms with Crippen LogP contribution in [0, 0.1) is 0 Å². The molecule has 0 aliphatic heterocycles. The van der Waals surface area contributed by atoms with Gasteiger partial charge in [-0.2, -0.15) is 0 Å². The van der Waals surface area contributed by atoms with Crippen LogP contribution in [0.3, 0.4) is 0 Å². The summed E-state index contributed by atoms with van der Waals surface area (Å²) in [5.41, 5.74) is 0. The minimum absolute atomic E-state index is 0.250. The van der Waals surface area contributed by atoms with Gasteiger partial charge in [0.1, 0.15) is 12.4 Å². The summed E-state index contributed by atoms with van der Waals surface area (Å²) in [4.78, 5) is 0. The van der Waals surface area contributed by atoms with E-state index in [9.17, 15) is 25.2 Å². The summed E-state index contributed by atoms with van der Waals surface area (Å²) in [7, 11) is -8.61. The molecular formula is C10H21F6N2OP. The summed E-state index contributed by atoms with van der Waals surface area (Å²) in [6, 6.07) is 0. The molecule has 0 aliphatic rings. The molecule has 1 aromatic heterocycles. The van der Waals surface area contributed by atoms with E-state index in [4.69, 9.17) is 5.11 Å². The van der Waals surface area contributed by atoms with Crippen LogP contribution in [-0.4, -0.2) is 16.3 Å². The van der Waals surface area contributed by atoms with Gasteiger partial charge in [-0.15, -0.1) is 0 Å². The molecule has 0 aromatic carbocycles. The third kappa shape index (κ3) is 30.3. The van der Waals surface area contributed by atoms with E-state index in [0.29, 0.717) is 0 Å². The zero-order valence-electron chi connectivity index (χ0n) is 11.6. The van der Waals surface area contributed by atoms with Crippen molar-refractivity contribution in [2.45, 2.75) is 33.2 Å². The Kier molecular flexibility index (Phi) is 7.80. The van der Waals surface area contributed by atoms with Crippen molar-refractivity contribution >= 4 is 7.81 Å². The van der Waals surface area contributed by atoms with Crippen LogP contribution in [0.15, 0.2) is 18.7 Å². The molecule has 0 unspecified atom stereocenters. The fourth-order valence-electron chi connectivity index (χ4n) is 0.975. The van der Waals surface area contributed by atoms with Gasteiger partial charge in [-0.1, -0.05) is 13.3 Å². The normalized spacial score (nSPS) is 14.1. The molecule has 10 heteroatoms. The molecule has 1 heterocycles. The quantitative estimate of drug-likeness (QED) is 0.494. The number of imidazole rings is 1. The SMILES string of the molecule is CCCC[n+]1ccn(C)c1.CCO.F[P-](F)(F)(F)(F)F. The van der Waals surface area contributed by atoms with Gasteiger partial charge < -0.3 is 5.11 Å². The van der Waals surface area contributed by atoms with Crippen LogP contribution in [0.1, 0.15) is 26.7 Å². The van der Waals surface area contributed by atoms with Gasteiger partial charge in [-0.05, 0) is 13.3 Å². The van der Waals surface area contributed by atoms with Crippen LogP contribution in [0.5, 0.6) is 0 Å². The molecule has 0 radical (unpaired) electrons. The van der Waals surface area contributed by atoms with Crippen molar-refractivity contribution in [3.63, 3.8) is 0 Å². The second-order valence-electron chi connectivity index (χ2n) is 3.95. The standard InChI is InChI=1S/C8H15N2.C2H6O.F6P/c1-3-4-5-10-7-6-9(2)8-10;1-2-3;1-7(2,3,4,5)6/h6-8H,3-5H2,1-2H3;3H,2H2,1H3;/q+1;;-1. The molecule has 0 amide bonds. The fourth-order valence-corrected chi connectivity index (χ4v) is 0.975. The zero-order chi connectivity index (χ0) is 16.5. The van der Waals surface area contributed by atoms with Crippen molar-refractivity contribution < 1.29 is 34.9 Å². The summed E-state index contributed by atoms with van der Waals surface area (Å²) in [6.07, 6.45) is 8.82. The van der Waals surface area contributed by atoms with Crippen LogP contribution < -0.4 is 4.57 Å². The average molecular weight is 330 g/mol. The molecule has 0 fully saturated rings. The number of aliphatic hydroxyl groups excluding tert-OH is 1. The Hall–Kier alpha value is -0.820. The average Bonchev–Trinajstić information content (AvgIpc) is 2.57. The number of halogens is 6. The minimum atomic E-state index is -10.7. The van der Waals surface area contributed by atoms with Crippen molar-refractivity contribution in [2.24, 2.45) is 7.05 Å². The first-order chi connectivity index (χ1) is 8.69. The predicted octanol–water partition coefficient (Wildman–Crippen LogP) is 4.49. The van der Waals surface area contributed by atoms with Gasteiger partial charge in [0.05, 0.1) is 13.6 Å². The second kappa shape index (κ2) is 7.26. The van der Waals surface area contributed by atoms with Crippen molar-refractivity contribution in [1.82, 2.24) is 4.57 Å². The number of aliphatic hydroxyl groups is 1. The maximum absolute atomic E-state index is 10.7. The summed E-state index contributed by atoms with van der Waals surface area (Å²) in [6.45, 7) is 5.29. The Balaban J connectivity index is 0. The van der Waals surface area contributed by atoms with Gasteiger partial charge in [-0.25, -0.2) is 9.13 Å². The summed E-state index contributed by atoms with van der Waals surface area (Å²) < 4.78 is 63.5.